The van der Waals surface area contributed by atoms with Crippen molar-refractivity contribution in [1.29, 1.82) is 0 Å². The van der Waals surface area contributed by atoms with Crippen molar-refractivity contribution in [3.8, 4) is 5.88 Å². The first-order chi connectivity index (χ1) is 13.6. The number of hydrogen-bond donors (Lipinski definition) is 1. The third-order valence-electron chi connectivity index (χ3n) is 5.33. The van der Waals surface area contributed by atoms with Crippen LogP contribution < -0.4 is 10.1 Å². The van der Waals surface area contributed by atoms with Gasteiger partial charge in [-0.1, -0.05) is 32.0 Å². The quantitative estimate of drug-likeness (QED) is 0.770. The Kier molecular flexibility index (Phi) is 7.04. The number of ether oxygens (including phenoxy) is 1. The molecule has 0 radical (unpaired) electrons. The molecule has 0 atom stereocenters. The molecule has 1 aromatic heterocycles. The molecule has 1 aromatic carbocycles. The molecule has 1 aliphatic rings. The third kappa shape index (κ3) is 5.32. The molecule has 1 aliphatic heterocycles. The fourth-order valence-electron chi connectivity index (χ4n) is 3.60. The van der Waals surface area contributed by atoms with E-state index in [2.05, 4.69) is 47.2 Å². The maximum Gasteiger partial charge on any atom is 0.227 e. The minimum absolute atomic E-state index is 0.0706. The van der Waals surface area contributed by atoms with Gasteiger partial charge in [0.25, 0.3) is 0 Å². The van der Waals surface area contributed by atoms with E-state index in [0.717, 1.165) is 49.6 Å². The summed E-state index contributed by atoms with van der Waals surface area (Å²) in [6.45, 7) is 9.56. The van der Waals surface area contributed by atoms with Crippen molar-refractivity contribution in [2.45, 2.75) is 46.1 Å². The van der Waals surface area contributed by atoms with Crippen molar-refractivity contribution in [1.82, 2.24) is 9.88 Å². The van der Waals surface area contributed by atoms with Crippen LogP contribution in [0.25, 0.3) is 0 Å². The molecule has 28 heavy (non-hydrogen) atoms. The molecular formula is C23H31N3O2. The molecule has 1 fully saturated rings. The Morgan fingerprint density at radius 3 is 2.57 bits per heavy atom. The van der Waals surface area contributed by atoms with E-state index in [1.165, 1.54) is 5.56 Å². The van der Waals surface area contributed by atoms with Crippen LogP contribution in [0.2, 0.25) is 0 Å². The van der Waals surface area contributed by atoms with Gasteiger partial charge in [-0.3, -0.25) is 9.69 Å². The van der Waals surface area contributed by atoms with Gasteiger partial charge in [0.1, 0.15) is 0 Å². The summed E-state index contributed by atoms with van der Waals surface area (Å²) in [5, 5.41) is 3.08. The monoisotopic (exact) mass is 381 g/mol. The first kappa shape index (κ1) is 20.3. The van der Waals surface area contributed by atoms with Gasteiger partial charge in [0, 0.05) is 29.9 Å². The van der Waals surface area contributed by atoms with Gasteiger partial charge in [-0.2, -0.15) is 0 Å². The van der Waals surface area contributed by atoms with Crippen LogP contribution in [0.5, 0.6) is 5.88 Å². The maximum absolute atomic E-state index is 12.6. The molecule has 1 saturated heterocycles. The molecule has 0 spiro atoms. The molecule has 150 valence electrons. The van der Waals surface area contributed by atoms with Crippen LogP contribution in [0.1, 0.15) is 50.7 Å². The molecule has 5 heteroatoms. The molecule has 5 nitrogen and oxygen atoms in total. The number of amides is 1. The Balaban J connectivity index is 1.50. The van der Waals surface area contributed by atoms with Crippen molar-refractivity contribution in [2.75, 3.05) is 25.0 Å². The van der Waals surface area contributed by atoms with Gasteiger partial charge in [-0.25, -0.2) is 4.98 Å². The molecule has 0 unspecified atom stereocenters. The first-order valence-corrected chi connectivity index (χ1v) is 10.3. The number of nitrogens with one attached hydrogen (secondary N) is 1. The second-order valence-electron chi connectivity index (χ2n) is 7.72. The van der Waals surface area contributed by atoms with Gasteiger partial charge in [-0.15, -0.1) is 0 Å². The molecule has 1 N–H and O–H groups in total. The van der Waals surface area contributed by atoms with E-state index in [1.807, 2.05) is 25.1 Å². The molecule has 3 rings (SSSR count). The van der Waals surface area contributed by atoms with Gasteiger partial charge < -0.3 is 10.1 Å². The lowest BCUT2D eigenvalue weighted by Crippen LogP contribution is -2.37. The van der Waals surface area contributed by atoms with Crippen molar-refractivity contribution in [3.05, 3.63) is 53.7 Å². The topological polar surface area (TPSA) is 54.5 Å². The van der Waals surface area contributed by atoms with Crippen LogP contribution in [0.3, 0.4) is 0 Å². The molecule has 0 aliphatic carbocycles. The Bertz CT molecular complexity index is 766. The number of hydrogen-bond acceptors (Lipinski definition) is 4. The number of rotatable bonds is 7. The smallest absolute Gasteiger partial charge is 0.227 e. The van der Waals surface area contributed by atoms with E-state index in [1.54, 1.807) is 6.20 Å². The number of carbonyl (C=O) groups excluding carboxylic acids is 1. The fourth-order valence-corrected chi connectivity index (χ4v) is 3.60. The fraction of sp³-hybridized carbons (Fsp3) is 0.478. The number of carbonyl (C=O) groups is 1. The van der Waals surface area contributed by atoms with Crippen LogP contribution in [-0.4, -0.2) is 35.5 Å². The van der Waals surface area contributed by atoms with E-state index in [0.29, 0.717) is 12.5 Å². The highest BCUT2D eigenvalue weighted by Crippen LogP contribution is 2.24. The van der Waals surface area contributed by atoms with E-state index >= 15 is 0 Å². The summed E-state index contributed by atoms with van der Waals surface area (Å²) in [7, 11) is 0. The predicted molar refractivity (Wildman–Crippen MR) is 113 cm³/mol. The average Bonchev–Trinajstić information content (AvgIpc) is 2.70. The lowest BCUT2D eigenvalue weighted by atomic mass is 9.95. The van der Waals surface area contributed by atoms with Crippen molar-refractivity contribution < 1.29 is 9.53 Å². The standard InChI is InChI=1S/C23H31N3O2/c1-4-28-23-20(6-5-13-24-23)16-26-14-11-19(12-15-26)22(27)25-21-9-7-18(8-10-21)17(2)3/h5-10,13,17,19H,4,11-12,14-16H2,1-3H3,(H,25,27). The third-order valence-corrected chi connectivity index (χ3v) is 5.33. The van der Waals surface area contributed by atoms with Crippen LogP contribution in [0, 0.1) is 5.92 Å². The number of nitrogens with zero attached hydrogens (tertiary/aromatic N) is 2. The number of pyridine rings is 1. The Hall–Kier alpha value is -2.40. The van der Waals surface area contributed by atoms with Gasteiger partial charge in [-0.05, 0) is 62.5 Å². The minimum atomic E-state index is 0.0706. The van der Waals surface area contributed by atoms with Gasteiger partial charge in [0.05, 0.1) is 6.61 Å². The molecule has 0 saturated carbocycles. The van der Waals surface area contributed by atoms with E-state index in [-0.39, 0.29) is 11.8 Å². The first-order valence-electron chi connectivity index (χ1n) is 10.3. The lowest BCUT2D eigenvalue weighted by molar-refractivity contribution is -0.121. The number of piperidine rings is 1. The van der Waals surface area contributed by atoms with Crippen LogP contribution >= 0.6 is 0 Å². The molecule has 0 bridgehead atoms. The average molecular weight is 382 g/mol. The molecule has 2 aromatic rings. The predicted octanol–water partition coefficient (Wildman–Crippen LogP) is 4.45. The summed E-state index contributed by atoms with van der Waals surface area (Å²) in [4.78, 5) is 19.3. The SMILES string of the molecule is CCOc1ncccc1CN1CCC(C(=O)Nc2ccc(C(C)C)cc2)CC1. The molecular weight excluding hydrogens is 350 g/mol. The normalized spacial score (nSPS) is 15.6. The van der Waals surface area contributed by atoms with Crippen LogP contribution in [-0.2, 0) is 11.3 Å². The summed E-state index contributed by atoms with van der Waals surface area (Å²) in [5.41, 5.74) is 3.28. The Labute approximate surface area is 168 Å². The minimum Gasteiger partial charge on any atom is -0.478 e. The summed E-state index contributed by atoms with van der Waals surface area (Å²) in [6.07, 6.45) is 3.51. The maximum atomic E-state index is 12.6. The summed E-state index contributed by atoms with van der Waals surface area (Å²) < 4.78 is 5.63. The zero-order valence-electron chi connectivity index (χ0n) is 17.1. The van der Waals surface area contributed by atoms with Gasteiger partial charge in [0.15, 0.2) is 0 Å². The van der Waals surface area contributed by atoms with E-state index in [4.69, 9.17) is 4.74 Å². The zero-order chi connectivity index (χ0) is 19.9. The summed E-state index contributed by atoms with van der Waals surface area (Å²) in [6, 6.07) is 12.2. The summed E-state index contributed by atoms with van der Waals surface area (Å²) in [5.74, 6) is 1.42. The van der Waals surface area contributed by atoms with Crippen LogP contribution in [0.4, 0.5) is 5.69 Å². The Morgan fingerprint density at radius 1 is 1.21 bits per heavy atom. The highest BCUT2D eigenvalue weighted by Gasteiger charge is 2.25. The highest BCUT2D eigenvalue weighted by atomic mass is 16.5. The van der Waals surface area contributed by atoms with Gasteiger partial charge in [0.2, 0.25) is 11.8 Å². The number of aromatic nitrogens is 1. The molecule has 2 heterocycles. The largest absolute Gasteiger partial charge is 0.478 e. The zero-order valence-corrected chi connectivity index (χ0v) is 17.1. The second-order valence-corrected chi connectivity index (χ2v) is 7.72. The van der Waals surface area contributed by atoms with Crippen molar-refractivity contribution >= 4 is 11.6 Å². The highest BCUT2D eigenvalue weighted by molar-refractivity contribution is 5.92. The second kappa shape index (κ2) is 9.69. The molecule has 1 amide bonds. The number of benzene rings is 1. The number of likely N-dealkylation sites (tertiary alicyclic amines) is 1. The van der Waals surface area contributed by atoms with Crippen molar-refractivity contribution in [2.24, 2.45) is 5.92 Å². The summed E-state index contributed by atoms with van der Waals surface area (Å²) >= 11 is 0. The van der Waals surface area contributed by atoms with E-state index in [9.17, 15) is 4.79 Å². The Morgan fingerprint density at radius 2 is 1.93 bits per heavy atom. The van der Waals surface area contributed by atoms with Crippen molar-refractivity contribution in [3.63, 3.8) is 0 Å². The van der Waals surface area contributed by atoms with E-state index < -0.39 is 0 Å². The number of anilines is 1. The lowest BCUT2D eigenvalue weighted by Gasteiger charge is -2.31. The van der Waals surface area contributed by atoms with Crippen LogP contribution in [0.15, 0.2) is 42.6 Å². The van der Waals surface area contributed by atoms with Gasteiger partial charge >= 0.3 is 0 Å².